The Labute approximate surface area is 202 Å². The number of hydrogen-bond donors (Lipinski definition) is 2. The van der Waals surface area contributed by atoms with Crippen LogP contribution in [-0.4, -0.2) is 38.7 Å². The molecule has 10 heteroatoms. The van der Waals surface area contributed by atoms with Crippen molar-refractivity contribution in [2.24, 2.45) is 4.99 Å². The van der Waals surface area contributed by atoms with Crippen LogP contribution in [0.2, 0.25) is 0 Å². The van der Waals surface area contributed by atoms with Gasteiger partial charge >= 0.3 is 0 Å². The molecule has 0 aliphatic rings. The Morgan fingerprint density at radius 2 is 1.70 bits per heavy atom. The molecular formula is C20H24Br2N4O2S2. The molecule has 0 fully saturated rings. The van der Waals surface area contributed by atoms with E-state index in [-0.39, 0.29) is 44.8 Å². The van der Waals surface area contributed by atoms with Crippen molar-refractivity contribution in [3.63, 3.8) is 0 Å². The molecule has 3 aromatic rings. The van der Waals surface area contributed by atoms with E-state index in [1.807, 2.05) is 30.3 Å². The molecule has 0 aliphatic carbocycles. The van der Waals surface area contributed by atoms with Gasteiger partial charge in [-0.25, -0.2) is 13.1 Å². The molecule has 0 bridgehead atoms. The van der Waals surface area contributed by atoms with Crippen LogP contribution in [0, 0.1) is 0 Å². The van der Waals surface area contributed by atoms with Gasteiger partial charge in [0.2, 0.25) is 5.96 Å². The highest BCUT2D eigenvalue weighted by atomic mass is 79.9. The van der Waals surface area contributed by atoms with E-state index in [2.05, 4.69) is 26.1 Å². The first-order valence-electron chi connectivity index (χ1n) is 8.79. The first-order valence-corrected chi connectivity index (χ1v) is 11.4. The number of nitrogens with one attached hydrogen (secondary N) is 2. The van der Waals surface area contributed by atoms with Crippen LogP contribution in [0.1, 0.15) is 5.69 Å². The predicted octanol–water partition coefficient (Wildman–Crippen LogP) is 4.18. The number of pyridine rings is 1. The maximum atomic E-state index is 12.3. The number of fused-ring (bicyclic) bond motifs is 1. The minimum Gasteiger partial charge on any atom is -0.355 e. The van der Waals surface area contributed by atoms with Crippen LogP contribution in [0.4, 0.5) is 0 Å². The second-order valence-electron chi connectivity index (χ2n) is 5.97. The molecule has 2 aromatic carbocycles. The zero-order chi connectivity index (χ0) is 19.8. The quantitative estimate of drug-likeness (QED) is 0.251. The van der Waals surface area contributed by atoms with Gasteiger partial charge in [-0.2, -0.15) is 11.8 Å². The average molecular weight is 576 g/mol. The van der Waals surface area contributed by atoms with Gasteiger partial charge in [0.05, 0.1) is 16.1 Å². The van der Waals surface area contributed by atoms with Gasteiger partial charge in [0.15, 0.2) is 0 Å². The summed E-state index contributed by atoms with van der Waals surface area (Å²) in [6, 6.07) is 20.4. The highest BCUT2D eigenvalue weighted by molar-refractivity contribution is 8.93. The zero-order valence-electron chi connectivity index (χ0n) is 16.3. The number of aliphatic imine (C=N–C) groups is 1. The lowest BCUT2D eigenvalue weighted by Gasteiger charge is -2.12. The van der Waals surface area contributed by atoms with Crippen molar-refractivity contribution in [2.45, 2.75) is 10.6 Å². The van der Waals surface area contributed by atoms with Crippen LogP contribution >= 0.6 is 45.7 Å². The Kier molecular flexibility index (Phi) is 11.4. The molecule has 30 heavy (non-hydrogen) atoms. The Morgan fingerprint density at radius 3 is 2.43 bits per heavy atom. The number of rotatable bonds is 7. The summed E-state index contributed by atoms with van der Waals surface area (Å²) in [4.78, 5) is 8.84. The molecule has 1 aromatic heterocycles. The van der Waals surface area contributed by atoms with Crippen molar-refractivity contribution >= 4 is 72.6 Å². The monoisotopic (exact) mass is 574 g/mol. The maximum Gasteiger partial charge on any atom is 0.264 e. The zero-order valence-corrected chi connectivity index (χ0v) is 21.4. The van der Waals surface area contributed by atoms with E-state index < -0.39 is 10.0 Å². The minimum atomic E-state index is -3.64. The lowest BCUT2D eigenvalue weighted by atomic mass is 10.2. The number of hydrogen-bond acceptors (Lipinski definition) is 5. The van der Waals surface area contributed by atoms with Gasteiger partial charge in [0.25, 0.3) is 10.0 Å². The topological polar surface area (TPSA) is 83.4 Å². The van der Waals surface area contributed by atoms with Crippen molar-refractivity contribution in [1.29, 1.82) is 0 Å². The molecule has 0 atom stereocenters. The summed E-state index contributed by atoms with van der Waals surface area (Å²) in [6.07, 6.45) is 0. The van der Waals surface area contributed by atoms with Crippen molar-refractivity contribution in [2.75, 3.05) is 19.3 Å². The molecule has 3 rings (SSSR count). The lowest BCUT2D eigenvalue weighted by molar-refractivity contribution is 0.591. The fraction of sp³-hybridized carbons (Fsp3) is 0.200. The normalized spacial score (nSPS) is 11.3. The molecule has 162 valence electrons. The Balaban J connectivity index is 0.00000225. The first-order chi connectivity index (χ1) is 13.6. The molecule has 0 amide bonds. The predicted molar refractivity (Wildman–Crippen MR) is 137 cm³/mol. The van der Waals surface area contributed by atoms with E-state index >= 15 is 0 Å². The minimum absolute atomic E-state index is 0. The van der Waals surface area contributed by atoms with Crippen LogP contribution in [0.3, 0.4) is 0 Å². The fourth-order valence-electron chi connectivity index (χ4n) is 2.55. The second kappa shape index (κ2) is 12.9. The van der Waals surface area contributed by atoms with Crippen molar-refractivity contribution in [3.05, 3.63) is 72.4 Å². The third-order valence-electron chi connectivity index (χ3n) is 3.95. The van der Waals surface area contributed by atoms with Gasteiger partial charge in [0, 0.05) is 30.5 Å². The number of nitrogens with zero attached hydrogens (tertiary/aromatic N) is 2. The summed E-state index contributed by atoms with van der Waals surface area (Å²) in [5, 5.41) is 4.16. The molecule has 0 spiro atoms. The maximum absolute atomic E-state index is 12.3. The number of thioether (sulfide) groups is 1. The number of guanidine groups is 1. The molecule has 1 heterocycles. The molecule has 0 unspecified atom stereocenters. The van der Waals surface area contributed by atoms with Crippen LogP contribution in [0.25, 0.3) is 10.9 Å². The number of sulfonamides is 1. The highest BCUT2D eigenvalue weighted by Gasteiger charge is 2.15. The lowest BCUT2D eigenvalue weighted by Crippen LogP contribution is -2.41. The summed E-state index contributed by atoms with van der Waals surface area (Å²) in [7, 11) is -2.09. The van der Waals surface area contributed by atoms with E-state index in [0.717, 1.165) is 28.1 Å². The van der Waals surface area contributed by atoms with Gasteiger partial charge in [-0.05, 0) is 24.3 Å². The number of aromatic nitrogens is 1. The smallest absolute Gasteiger partial charge is 0.264 e. The standard InChI is InChI=1S/C20H22N4O2S2.2BrH/c1-21-20(24-28(25,26)18-8-3-2-4-9-18)22-13-14-27-15-17-12-11-16-7-5-6-10-19(16)23-17;;/h2-12H,13-15H2,1H3,(H2,21,22,24);2*1H. The van der Waals surface area contributed by atoms with E-state index in [1.165, 1.54) is 0 Å². The molecule has 0 aliphatic heterocycles. The molecule has 2 N–H and O–H groups in total. The molecular weight excluding hydrogens is 552 g/mol. The van der Waals surface area contributed by atoms with Gasteiger partial charge < -0.3 is 5.32 Å². The number of para-hydroxylation sites is 1. The summed E-state index contributed by atoms with van der Waals surface area (Å²) >= 11 is 1.72. The summed E-state index contributed by atoms with van der Waals surface area (Å²) in [6.45, 7) is 0.586. The third kappa shape index (κ3) is 7.57. The SMILES string of the molecule is Br.Br.CN=C(NCCSCc1ccc2ccccc2n1)NS(=O)(=O)c1ccccc1. The van der Waals surface area contributed by atoms with Crippen LogP contribution in [0.15, 0.2) is 76.6 Å². The number of halogens is 2. The Bertz CT molecular complexity index is 1060. The first kappa shape index (κ1) is 26.4. The van der Waals surface area contributed by atoms with Crippen LogP contribution < -0.4 is 10.0 Å². The molecule has 0 radical (unpaired) electrons. The number of benzene rings is 2. The van der Waals surface area contributed by atoms with E-state index in [9.17, 15) is 8.42 Å². The van der Waals surface area contributed by atoms with Gasteiger partial charge in [0.1, 0.15) is 0 Å². The van der Waals surface area contributed by atoms with Crippen LogP contribution in [0.5, 0.6) is 0 Å². The van der Waals surface area contributed by atoms with E-state index in [1.54, 1.807) is 49.1 Å². The van der Waals surface area contributed by atoms with E-state index in [4.69, 9.17) is 0 Å². The highest BCUT2D eigenvalue weighted by Crippen LogP contribution is 2.15. The van der Waals surface area contributed by atoms with Crippen molar-refractivity contribution in [1.82, 2.24) is 15.0 Å². The van der Waals surface area contributed by atoms with Crippen molar-refractivity contribution < 1.29 is 8.42 Å². The third-order valence-corrected chi connectivity index (χ3v) is 6.30. The van der Waals surface area contributed by atoms with Gasteiger partial charge in [-0.3, -0.25) is 9.98 Å². The van der Waals surface area contributed by atoms with E-state index in [0.29, 0.717) is 6.54 Å². The van der Waals surface area contributed by atoms with Crippen molar-refractivity contribution in [3.8, 4) is 0 Å². The second-order valence-corrected chi connectivity index (χ2v) is 8.75. The molecule has 0 saturated heterocycles. The fourth-order valence-corrected chi connectivity index (χ4v) is 4.37. The summed E-state index contributed by atoms with van der Waals surface area (Å²) in [5.41, 5.74) is 2.02. The molecule has 6 nitrogen and oxygen atoms in total. The van der Waals surface area contributed by atoms with Gasteiger partial charge in [-0.1, -0.05) is 42.5 Å². The summed E-state index contributed by atoms with van der Waals surface area (Å²) in [5.74, 6) is 1.81. The van der Waals surface area contributed by atoms with Crippen LogP contribution in [-0.2, 0) is 15.8 Å². The summed E-state index contributed by atoms with van der Waals surface area (Å²) < 4.78 is 27.2. The Hall–Kier alpha value is -1.62. The molecule has 0 saturated carbocycles. The largest absolute Gasteiger partial charge is 0.355 e. The average Bonchev–Trinajstić information content (AvgIpc) is 2.73. The van der Waals surface area contributed by atoms with Gasteiger partial charge in [-0.15, -0.1) is 34.0 Å². The Morgan fingerprint density at radius 1 is 1.00 bits per heavy atom.